The summed E-state index contributed by atoms with van der Waals surface area (Å²) in [6, 6.07) is 3.21. The van der Waals surface area contributed by atoms with Crippen molar-refractivity contribution in [2.75, 3.05) is 0 Å². The average molecular weight is 216 g/mol. The fourth-order valence-electron chi connectivity index (χ4n) is 0.569. The Kier molecular flexibility index (Phi) is 3.81. The topological polar surface area (TPSA) is 58.0 Å². The Bertz CT molecular complexity index is 391. The maximum atomic E-state index is 10.4. The molecule has 2 heterocycles. The molecule has 70 valence electrons. The predicted octanol–water partition coefficient (Wildman–Crippen LogP) is 1.26. The minimum atomic E-state index is -1.03. The van der Waals surface area contributed by atoms with E-state index < -0.39 is 10.9 Å². The third-order valence-electron chi connectivity index (χ3n) is 1.19. The Balaban J connectivity index is 0.000000132. The van der Waals surface area contributed by atoms with Crippen molar-refractivity contribution in [1.82, 2.24) is 8.33 Å². The van der Waals surface area contributed by atoms with Crippen LogP contribution in [0.4, 0.5) is 0 Å². The molecule has 0 aliphatic carbocycles. The van der Waals surface area contributed by atoms with Crippen molar-refractivity contribution in [1.29, 1.82) is 0 Å². The lowest BCUT2D eigenvalue weighted by Gasteiger charge is -1.76. The van der Waals surface area contributed by atoms with E-state index in [1.54, 1.807) is 28.5 Å². The molecule has 0 bridgehead atoms. The lowest BCUT2D eigenvalue weighted by molar-refractivity contribution is 0.591. The van der Waals surface area contributed by atoms with Crippen LogP contribution >= 0.6 is 22.5 Å². The quantitative estimate of drug-likeness (QED) is 0.623. The van der Waals surface area contributed by atoms with Crippen molar-refractivity contribution in [2.45, 2.75) is 0 Å². The molecule has 1 atom stereocenters. The molecule has 4 nitrogen and oxygen atoms in total. The molecule has 1 unspecified atom stereocenters. The van der Waals surface area contributed by atoms with Crippen molar-refractivity contribution in [3.63, 3.8) is 0 Å². The maximum Gasteiger partial charge on any atom is 0.260 e. The van der Waals surface area contributed by atoms with Gasteiger partial charge in [-0.2, -0.15) is 0 Å². The monoisotopic (exact) mass is 216 g/mol. The van der Waals surface area contributed by atoms with Gasteiger partial charge in [0.2, 0.25) is 0 Å². The van der Waals surface area contributed by atoms with Gasteiger partial charge in [0.1, 0.15) is 0 Å². The smallest absolute Gasteiger partial charge is 0.260 e. The highest BCUT2D eigenvalue weighted by Crippen LogP contribution is 2.00. The Morgan fingerprint density at radius 2 is 2.46 bits per heavy atom. The van der Waals surface area contributed by atoms with E-state index in [-0.39, 0.29) is 5.56 Å². The van der Waals surface area contributed by atoms with E-state index in [0.717, 1.165) is 0 Å². The largest absolute Gasteiger partial charge is 0.569 e. The standard InChI is InChI=1S/C4H5NOS.C3H3NOS/c1-5-4(6)2-3-7-5;5-6-3-1-2-4-6/h2-3H,1H3;1-3H. The molecule has 2 rings (SSSR count). The number of hydrogen-bond donors (Lipinski definition) is 0. The van der Waals surface area contributed by atoms with Gasteiger partial charge in [-0.05, 0) is 4.37 Å². The summed E-state index contributed by atoms with van der Waals surface area (Å²) in [7, 11) is 0.709. The SMILES string of the molecule is Cn1sccc1=O.[O-][s+]1cccn1. The summed E-state index contributed by atoms with van der Waals surface area (Å²) in [5.41, 5.74) is 0.0741. The van der Waals surface area contributed by atoms with Crippen LogP contribution in [0.5, 0.6) is 0 Å². The Morgan fingerprint density at radius 3 is 2.62 bits per heavy atom. The second-order valence-corrected chi connectivity index (χ2v) is 4.17. The first kappa shape index (κ1) is 10.1. The van der Waals surface area contributed by atoms with Crippen molar-refractivity contribution in [2.24, 2.45) is 7.05 Å². The van der Waals surface area contributed by atoms with Crippen molar-refractivity contribution in [3.8, 4) is 0 Å². The maximum absolute atomic E-state index is 10.4. The van der Waals surface area contributed by atoms with Crippen LogP contribution in [0.3, 0.4) is 0 Å². The van der Waals surface area contributed by atoms with Gasteiger partial charge in [-0.3, -0.25) is 8.75 Å². The van der Waals surface area contributed by atoms with Gasteiger partial charge in [-0.15, -0.1) is 0 Å². The van der Waals surface area contributed by atoms with Gasteiger partial charge in [0.05, 0.1) is 17.1 Å². The van der Waals surface area contributed by atoms with E-state index in [0.29, 0.717) is 0 Å². The van der Waals surface area contributed by atoms with Crippen LogP contribution < -0.4 is 5.56 Å². The summed E-state index contributed by atoms with van der Waals surface area (Å²) in [6.45, 7) is 0. The zero-order valence-electron chi connectivity index (χ0n) is 6.91. The zero-order valence-corrected chi connectivity index (χ0v) is 8.55. The lowest BCUT2D eigenvalue weighted by Crippen LogP contribution is -2.05. The Labute approximate surface area is 82.2 Å². The van der Waals surface area contributed by atoms with Crippen LogP contribution in [0.15, 0.2) is 33.9 Å². The summed E-state index contributed by atoms with van der Waals surface area (Å²) in [5.74, 6) is 0. The second-order valence-electron chi connectivity index (χ2n) is 2.10. The molecule has 0 radical (unpaired) electrons. The van der Waals surface area contributed by atoms with Gasteiger partial charge >= 0.3 is 0 Å². The summed E-state index contributed by atoms with van der Waals surface area (Å²) < 4.78 is 15.1. The van der Waals surface area contributed by atoms with Gasteiger partial charge in [-0.1, -0.05) is 11.5 Å². The van der Waals surface area contributed by atoms with Crippen LogP contribution in [0, 0.1) is 0 Å². The van der Waals surface area contributed by atoms with Crippen LogP contribution in [-0.4, -0.2) is 12.9 Å². The summed E-state index contributed by atoms with van der Waals surface area (Å²) in [4.78, 5) is 10.4. The second kappa shape index (κ2) is 4.90. The zero-order chi connectivity index (χ0) is 9.68. The first-order valence-corrected chi connectivity index (χ1v) is 5.43. The molecule has 0 fully saturated rings. The highest BCUT2D eigenvalue weighted by Gasteiger charge is 1.83. The first-order chi connectivity index (χ1) is 6.20. The van der Waals surface area contributed by atoms with Crippen LogP contribution in [0.1, 0.15) is 0 Å². The number of hydrogen-bond acceptors (Lipinski definition) is 4. The summed E-state index contributed by atoms with van der Waals surface area (Å²) >= 11 is 1.41. The fraction of sp³-hybridized carbons (Fsp3) is 0.143. The average Bonchev–Trinajstić information content (AvgIpc) is 2.67. The minimum absolute atomic E-state index is 0.0741. The van der Waals surface area contributed by atoms with E-state index in [4.69, 9.17) is 0 Å². The van der Waals surface area contributed by atoms with Crippen molar-refractivity contribution >= 4 is 22.5 Å². The molecular weight excluding hydrogens is 208 g/mol. The molecule has 0 aliphatic heterocycles. The lowest BCUT2D eigenvalue weighted by atomic mass is 10.7. The highest BCUT2D eigenvalue weighted by atomic mass is 32.2. The van der Waals surface area contributed by atoms with Crippen LogP contribution in [0.25, 0.3) is 0 Å². The van der Waals surface area contributed by atoms with E-state index in [2.05, 4.69) is 4.37 Å². The molecule has 2 aromatic heterocycles. The van der Waals surface area contributed by atoms with E-state index in [1.807, 2.05) is 0 Å². The molecule has 0 aliphatic rings. The van der Waals surface area contributed by atoms with Gasteiger partial charge in [0, 0.05) is 24.6 Å². The first-order valence-electron chi connectivity index (χ1n) is 3.43. The molecule has 0 saturated carbocycles. The van der Waals surface area contributed by atoms with E-state index >= 15 is 0 Å². The molecular formula is C7H8N2O2S2. The van der Waals surface area contributed by atoms with Crippen LogP contribution in [0.2, 0.25) is 0 Å². The predicted molar refractivity (Wildman–Crippen MR) is 52.5 cm³/mol. The minimum Gasteiger partial charge on any atom is -0.569 e. The number of rotatable bonds is 0. The Hall–Kier alpha value is -0.980. The number of aromatic nitrogens is 2. The third kappa shape index (κ3) is 3.49. The van der Waals surface area contributed by atoms with Gasteiger partial charge in [0.15, 0.2) is 5.38 Å². The van der Waals surface area contributed by atoms with Gasteiger partial charge in [0.25, 0.3) is 5.56 Å². The third-order valence-corrected chi connectivity index (χ3v) is 2.66. The fourth-order valence-corrected chi connectivity index (χ4v) is 1.56. The number of nitrogens with zero attached hydrogens (tertiary/aromatic N) is 2. The van der Waals surface area contributed by atoms with Crippen molar-refractivity contribution in [3.05, 3.63) is 39.4 Å². The Morgan fingerprint density at radius 1 is 1.69 bits per heavy atom. The molecule has 0 N–H and O–H groups in total. The van der Waals surface area contributed by atoms with Crippen molar-refractivity contribution < 1.29 is 4.55 Å². The normalized spacial score (nSPS) is 10.5. The van der Waals surface area contributed by atoms with E-state index in [1.165, 1.54) is 23.1 Å². The molecule has 13 heavy (non-hydrogen) atoms. The van der Waals surface area contributed by atoms with Gasteiger partial charge < -0.3 is 4.55 Å². The summed E-state index contributed by atoms with van der Waals surface area (Å²) in [5, 5.41) is 3.29. The molecule has 0 spiro atoms. The van der Waals surface area contributed by atoms with Gasteiger partial charge in [-0.25, -0.2) is 0 Å². The molecule has 0 amide bonds. The van der Waals surface area contributed by atoms with E-state index in [9.17, 15) is 9.35 Å². The highest BCUT2D eigenvalue weighted by molar-refractivity contribution is 7.17. The van der Waals surface area contributed by atoms with Crippen LogP contribution in [-0.2, 0) is 7.05 Å². The molecule has 0 saturated heterocycles. The molecule has 2 aromatic rings. The molecule has 0 aromatic carbocycles. The molecule has 6 heteroatoms. The summed E-state index contributed by atoms with van der Waals surface area (Å²) in [6.07, 6.45) is 1.52. The number of aryl methyl sites for hydroxylation is 1.